The highest BCUT2D eigenvalue weighted by Gasteiger charge is 2.20. The highest BCUT2D eigenvalue weighted by atomic mass is 16.3. The first kappa shape index (κ1) is 20.3. The number of hydrogen-bond donors (Lipinski definition) is 4. The highest BCUT2D eigenvalue weighted by Crippen LogP contribution is 2.22. The van der Waals surface area contributed by atoms with E-state index in [4.69, 9.17) is 0 Å². The van der Waals surface area contributed by atoms with Crippen LogP contribution in [0.15, 0.2) is 54.7 Å². The van der Waals surface area contributed by atoms with Gasteiger partial charge in [0.25, 0.3) is 5.91 Å². The molecule has 0 unspecified atom stereocenters. The quantitative estimate of drug-likeness (QED) is 0.501. The Hall–Kier alpha value is -3.03. The van der Waals surface area contributed by atoms with Crippen LogP contribution in [0.2, 0.25) is 0 Å². The lowest BCUT2D eigenvalue weighted by Gasteiger charge is -2.26. The van der Waals surface area contributed by atoms with Crippen LogP contribution in [0.25, 0.3) is 10.9 Å². The topological polar surface area (TPSA) is 107 Å². The lowest BCUT2D eigenvalue weighted by atomic mass is 9.93. The van der Waals surface area contributed by atoms with Crippen LogP contribution in [0, 0.1) is 0 Å². The van der Waals surface area contributed by atoms with Crippen molar-refractivity contribution in [1.29, 1.82) is 0 Å². The molecule has 1 atom stereocenters. The number of fused-ring (bicyclic) bond motifs is 1. The molecule has 1 fully saturated rings. The maximum Gasteiger partial charge on any atom is 0.251 e. The van der Waals surface area contributed by atoms with Gasteiger partial charge in [0, 0.05) is 23.2 Å². The van der Waals surface area contributed by atoms with Crippen molar-refractivity contribution in [3.05, 3.63) is 65.9 Å². The maximum atomic E-state index is 12.8. The molecule has 156 valence electrons. The van der Waals surface area contributed by atoms with Gasteiger partial charge in [0.05, 0.1) is 24.3 Å². The smallest absolute Gasteiger partial charge is 0.251 e. The van der Waals surface area contributed by atoms with E-state index in [1.807, 2.05) is 36.4 Å². The molecule has 0 spiro atoms. The van der Waals surface area contributed by atoms with E-state index >= 15 is 0 Å². The number of carbonyl (C=O) groups excluding carboxylic acids is 1. The Morgan fingerprint density at radius 2 is 1.87 bits per heavy atom. The number of amides is 1. The van der Waals surface area contributed by atoms with Gasteiger partial charge in [-0.25, -0.2) is 9.97 Å². The van der Waals surface area contributed by atoms with Gasteiger partial charge in [-0.1, -0.05) is 36.4 Å². The minimum absolute atomic E-state index is 0.185. The summed E-state index contributed by atoms with van der Waals surface area (Å²) in [6, 6.07) is 14.4. The van der Waals surface area contributed by atoms with Crippen LogP contribution in [-0.4, -0.2) is 44.8 Å². The molecule has 1 heterocycles. The Labute approximate surface area is 175 Å². The lowest BCUT2D eigenvalue weighted by molar-refractivity contribution is 0.0916. The molecule has 0 bridgehead atoms. The number of aromatic nitrogens is 2. The van der Waals surface area contributed by atoms with Gasteiger partial charge >= 0.3 is 0 Å². The van der Waals surface area contributed by atoms with Crippen molar-refractivity contribution in [1.82, 2.24) is 15.3 Å². The molecule has 3 aromatic rings. The zero-order valence-corrected chi connectivity index (χ0v) is 16.7. The van der Waals surface area contributed by atoms with Gasteiger partial charge in [-0.05, 0) is 43.4 Å². The third-order valence-corrected chi connectivity index (χ3v) is 5.56. The average molecular weight is 406 g/mol. The number of anilines is 1. The molecular formula is C23H26N4O3. The molecule has 0 saturated heterocycles. The minimum atomic E-state index is -0.473. The van der Waals surface area contributed by atoms with Crippen molar-refractivity contribution in [2.75, 3.05) is 11.9 Å². The van der Waals surface area contributed by atoms with E-state index in [0.29, 0.717) is 17.0 Å². The number of rotatable bonds is 6. The summed E-state index contributed by atoms with van der Waals surface area (Å²) in [5.74, 6) is 0.258. The standard InChI is InChI=1S/C23H26N4O3/c28-14-21(15-4-2-1-3-5-15)26-22(30)16-6-7-17-13-24-23(27-20(17)12-16)25-18-8-10-19(29)11-9-18/h1-7,12-13,18-19,21,28-29H,8-11,14H2,(H,26,30)(H,24,25,27)/t18?,19?,21-/m1/s1. The van der Waals surface area contributed by atoms with Crippen molar-refractivity contribution < 1.29 is 15.0 Å². The summed E-state index contributed by atoms with van der Waals surface area (Å²) in [5, 5.41) is 26.4. The summed E-state index contributed by atoms with van der Waals surface area (Å²) in [4.78, 5) is 21.7. The normalized spacial score (nSPS) is 19.9. The molecule has 0 radical (unpaired) electrons. The third-order valence-electron chi connectivity index (χ3n) is 5.56. The van der Waals surface area contributed by atoms with Crippen molar-refractivity contribution >= 4 is 22.8 Å². The fourth-order valence-electron chi connectivity index (χ4n) is 3.80. The highest BCUT2D eigenvalue weighted by molar-refractivity contribution is 5.98. The largest absolute Gasteiger partial charge is 0.394 e. The lowest BCUT2D eigenvalue weighted by Crippen LogP contribution is -2.30. The van der Waals surface area contributed by atoms with E-state index in [9.17, 15) is 15.0 Å². The molecule has 1 aromatic heterocycles. The van der Waals surface area contributed by atoms with Crippen LogP contribution < -0.4 is 10.6 Å². The number of benzene rings is 2. The predicted octanol–water partition coefficient (Wildman–Crippen LogP) is 2.81. The number of hydrogen-bond acceptors (Lipinski definition) is 6. The summed E-state index contributed by atoms with van der Waals surface area (Å²) in [7, 11) is 0. The van der Waals surface area contributed by atoms with Gasteiger partial charge in [0.15, 0.2) is 0 Å². The van der Waals surface area contributed by atoms with Crippen LogP contribution >= 0.6 is 0 Å². The molecule has 7 heteroatoms. The maximum absolute atomic E-state index is 12.8. The average Bonchev–Trinajstić information content (AvgIpc) is 2.79. The first-order chi connectivity index (χ1) is 14.6. The third kappa shape index (κ3) is 4.75. The van der Waals surface area contributed by atoms with E-state index in [2.05, 4.69) is 20.6 Å². The summed E-state index contributed by atoms with van der Waals surface area (Å²) < 4.78 is 0. The molecule has 0 aliphatic heterocycles. The number of aliphatic hydroxyl groups excluding tert-OH is 2. The van der Waals surface area contributed by atoms with Crippen molar-refractivity contribution in [3.8, 4) is 0 Å². The van der Waals surface area contributed by atoms with Crippen LogP contribution in [0.1, 0.15) is 47.6 Å². The molecule has 1 saturated carbocycles. The Morgan fingerprint density at radius 1 is 1.10 bits per heavy atom. The van der Waals surface area contributed by atoms with Crippen LogP contribution in [0.5, 0.6) is 0 Å². The number of nitrogens with one attached hydrogen (secondary N) is 2. The Morgan fingerprint density at radius 3 is 2.60 bits per heavy atom. The van der Waals surface area contributed by atoms with E-state index in [1.165, 1.54) is 0 Å². The monoisotopic (exact) mass is 406 g/mol. The Kier molecular flexibility index (Phi) is 6.21. The molecule has 1 amide bonds. The Bertz CT molecular complexity index is 1000. The zero-order valence-electron chi connectivity index (χ0n) is 16.7. The van der Waals surface area contributed by atoms with Gasteiger partial charge in [-0.2, -0.15) is 0 Å². The van der Waals surface area contributed by atoms with E-state index in [0.717, 1.165) is 36.6 Å². The van der Waals surface area contributed by atoms with Crippen molar-refractivity contribution in [3.63, 3.8) is 0 Å². The van der Waals surface area contributed by atoms with Gasteiger partial charge in [-0.3, -0.25) is 4.79 Å². The molecule has 2 aromatic carbocycles. The van der Waals surface area contributed by atoms with Crippen molar-refractivity contribution in [2.24, 2.45) is 0 Å². The van der Waals surface area contributed by atoms with Gasteiger partial charge in [-0.15, -0.1) is 0 Å². The molecular weight excluding hydrogens is 380 g/mol. The SMILES string of the molecule is O=C(N[C@H](CO)c1ccccc1)c1ccc2cnc(NC3CCC(O)CC3)nc2c1. The van der Waals surface area contributed by atoms with Gasteiger partial charge in [0.1, 0.15) is 0 Å². The fourth-order valence-corrected chi connectivity index (χ4v) is 3.80. The first-order valence-electron chi connectivity index (χ1n) is 10.3. The summed E-state index contributed by atoms with van der Waals surface area (Å²) in [5.41, 5.74) is 2.00. The minimum Gasteiger partial charge on any atom is -0.394 e. The van der Waals surface area contributed by atoms with E-state index < -0.39 is 6.04 Å². The molecule has 1 aliphatic rings. The Balaban J connectivity index is 1.49. The summed E-state index contributed by atoms with van der Waals surface area (Å²) >= 11 is 0. The number of nitrogens with zero attached hydrogens (tertiary/aromatic N) is 2. The second-order valence-corrected chi connectivity index (χ2v) is 7.74. The van der Waals surface area contributed by atoms with Gasteiger partial charge < -0.3 is 20.8 Å². The second-order valence-electron chi connectivity index (χ2n) is 7.74. The molecule has 4 N–H and O–H groups in total. The fraction of sp³-hybridized carbons (Fsp3) is 0.348. The van der Waals surface area contributed by atoms with Gasteiger partial charge in [0.2, 0.25) is 5.95 Å². The molecule has 4 rings (SSSR count). The summed E-state index contributed by atoms with van der Waals surface area (Å²) in [6.07, 6.45) is 4.86. The van der Waals surface area contributed by atoms with Crippen LogP contribution in [-0.2, 0) is 0 Å². The predicted molar refractivity (Wildman–Crippen MR) is 115 cm³/mol. The van der Waals surface area contributed by atoms with Crippen LogP contribution in [0.4, 0.5) is 5.95 Å². The molecule has 7 nitrogen and oxygen atoms in total. The number of carbonyl (C=O) groups is 1. The van der Waals surface area contributed by atoms with E-state index in [1.54, 1.807) is 18.3 Å². The summed E-state index contributed by atoms with van der Waals surface area (Å²) in [6.45, 7) is -0.185. The number of aliphatic hydroxyl groups is 2. The second kappa shape index (κ2) is 9.19. The van der Waals surface area contributed by atoms with Crippen molar-refractivity contribution in [2.45, 2.75) is 43.9 Å². The molecule has 30 heavy (non-hydrogen) atoms. The molecule has 1 aliphatic carbocycles. The zero-order chi connectivity index (χ0) is 20.9. The van der Waals surface area contributed by atoms with E-state index in [-0.39, 0.29) is 24.7 Å². The first-order valence-corrected chi connectivity index (χ1v) is 10.3. The van der Waals surface area contributed by atoms with Crippen LogP contribution in [0.3, 0.4) is 0 Å².